The minimum atomic E-state index is -0.754. The molecule has 0 amide bonds. The summed E-state index contributed by atoms with van der Waals surface area (Å²) in [7, 11) is 0. The molecule has 0 aliphatic heterocycles. The second-order valence-electron chi connectivity index (χ2n) is 6.44. The summed E-state index contributed by atoms with van der Waals surface area (Å²) in [5.74, 6) is 0.00138. The van der Waals surface area contributed by atoms with Gasteiger partial charge in [0.25, 0.3) is 5.56 Å². The van der Waals surface area contributed by atoms with Gasteiger partial charge in [-0.2, -0.15) is 0 Å². The number of halogens is 1. The largest absolute Gasteiger partial charge is 0.390 e. The van der Waals surface area contributed by atoms with Crippen LogP contribution in [0.3, 0.4) is 0 Å². The Kier molecular flexibility index (Phi) is 7.19. The Hall–Kier alpha value is -2.22. The summed E-state index contributed by atoms with van der Waals surface area (Å²) in [6.07, 6.45) is 0.0529. The maximum atomic E-state index is 13.6. The molecule has 5 nitrogen and oxygen atoms in total. The van der Waals surface area contributed by atoms with Crippen LogP contribution in [0.25, 0.3) is 10.9 Å². The molecule has 0 aliphatic carbocycles. The number of hydrogen-bond acceptors (Lipinski definition) is 5. The molecule has 0 spiro atoms. The summed E-state index contributed by atoms with van der Waals surface area (Å²) in [5, 5.41) is 11.4. The van der Waals surface area contributed by atoms with Gasteiger partial charge in [0.2, 0.25) is 0 Å². The normalized spacial score (nSPS) is 12.4. The lowest BCUT2D eigenvalue weighted by Crippen LogP contribution is -2.24. The monoisotopic (exact) mass is 402 g/mol. The Bertz CT molecular complexity index is 993. The van der Waals surface area contributed by atoms with Crippen molar-refractivity contribution in [2.24, 2.45) is 0 Å². The minimum absolute atomic E-state index is 0.0692. The Morgan fingerprint density at radius 3 is 2.75 bits per heavy atom. The second kappa shape index (κ2) is 9.82. The van der Waals surface area contributed by atoms with Crippen LogP contribution in [0.5, 0.6) is 0 Å². The Labute approximate surface area is 167 Å². The molecule has 2 aromatic carbocycles. The average molecular weight is 402 g/mol. The number of thioether (sulfide) groups is 1. The summed E-state index contributed by atoms with van der Waals surface area (Å²) in [6.45, 7) is 2.75. The number of para-hydroxylation sites is 1. The number of ether oxygens (including phenoxy) is 1. The maximum absolute atomic E-state index is 13.6. The van der Waals surface area contributed by atoms with Crippen molar-refractivity contribution in [3.8, 4) is 0 Å². The fourth-order valence-corrected chi connectivity index (χ4v) is 3.75. The van der Waals surface area contributed by atoms with E-state index in [2.05, 4.69) is 4.98 Å². The van der Waals surface area contributed by atoms with Crippen LogP contribution in [-0.4, -0.2) is 33.1 Å². The molecular formula is C21H23FN2O3S. The third-order valence-corrected chi connectivity index (χ3v) is 5.33. The van der Waals surface area contributed by atoms with E-state index in [4.69, 9.17) is 4.74 Å². The van der Waals surface area contributed by atoms with Gasteiger partial charge in [0.1, 0.15) is 5.82 Å². The highest BCUT2D eigenvalue weighted by Gasteiger charge is 2.13. The quantitative estimate of drug-likeness (QED) is 0.438. The van der Waals surface area contributed by atoms with E-state index in [1.807, 2.05) is 25.1 Å². The summed E-state index contributed by atoms with van der Waals surface area (Å²) >= 11 is 1.32. The molecule has 0 saturated heterocycles. The molecule has 0 saturated carbocycles. The van der Waals surface area contributed by atoms with Gasteiger partial charge in [0, 0.05) is 17.9 Å². The zero-order chi connectivity index (χ0) is 19.9. The summed E-state index contributed by atoms with van der Waals surface area (Å²) < 4.78 is 20.7. The van der Waals surface area contributed by atoms with E-state index in [-0.39, 0.29) is 24.6 Å². The molecule has 0 fully saturated rings. The first-order valence-electron chi connectivity index (χ1n) is 9.21. The first-order valence-corrected chi connectivity index (χ1v) is 10.2. The van der Waals surface area contributed by atoms with Crippen LogP contribution >= 0.6 is 11.8 Å². The number of fused-ring (bicyclic) bond motifs is 1. The highest BCUT2D eigenvalue weighted by molar-refractivity contribution is 7.99. The van der Waals surface area contributed by atoms with Crippen LogP contribution in [-0.2, 0) is 17.9 Å². The number of benzene rings is 2. The number of aromatic nitrogens is 2. The molecule has 0 radical (unpaired) electrons. The molecule has 7 heteroatoms. The van der Waals surface area contributed by atoms with Gasteiger partial charge in [-0.05, 0) is 24.6 Å². The third-order valence-electron chi connectivity index (χ3n) is 4.20. The molecule has 3 aromatic rings. The van der Waals surface area contributed by atoms with E-state index in [1.165, 1.54) is 17.8 Å². The van der Waals surface area contributed by atoms with E-state index in [0.717, 1.165) is 6.42 Å². The third kappa shape index (κ3) is 4.98. The number of rotatable bonds is 9. The Balaban J connectivity index is 1.63. The van der Waals surface area contributed by atoms with Crippen molar-refractivity contribution in [3.05, 3.63) is 70.3 Å². The fourth-order valence-electron chi connectivity index (χ4n) is 2.82. The van der Waals surface area contributed by atoms with Crippen molar-refractivity contribution in [1.29, 1.82) is 0 Å². The van der Waals surface area contributed by atoms with E-state index >= 15 is 0 Å². The number of nitrogens with zero attached hydrogens (tertiary/aromatic N) is 2. The topological polar surface area (TPSA) is 64.3 Å². The van der Waals surface area contributed by atoms with E-state index in [1.54, 1.807) is 28.8 Å². The number of aliphatic hydroxyl groups excluding tert-OH is 1. The molecule has 28 heavy (non-hydrogen) atoms. The van der Waals surface area contributed by atoms with Crippen LogP contribution in [0, 0.1) is 5.82 Å². The molecule has 3 rings (SSSR count). The number of hydrogen-bond donors (Lipinski definition) is 1. The smallest absolute Gasteiger partial charge is 0.262 e. The molecule has 0 bridgehead atoms. The predicted octanol–water partition coefficient (Wildman–Crippen LogP) is 3.62. The van der Waals surface area contributed by atoms with Gasteiger partial charge in [0.05, 0.1) is 30.2 Å². The van der Waals surface area contributed by atoms with Crippen molar-refractivity contribution >= 4 is 22.7 Å². The molecule has 1 atom stereocenters. The average Bonchev–Trinajstić information content (AvgIpc) is 2.70. The van der Waals surface area contributed by atoms with Crippen molar-refractivity contribution in [2.75, 3.05) is 12.4 Å². The van der Waals surface area contributed by atoms with Crippen molar-refractivity contribution in [2.45, 2.75) is 37.8 Å². The molecule has 0 aliphatic rings. The van der Waals surface area contributed by atoms with Gasteiger partial charge in [-0.1, -0.05) is 49.0 Å². The van der Waals surface area contributed by atoms with Crippen molar-refractivity contribution in [1.82, 2.24) is 9.55 Å². The standard InChI is InChI=1S/C21H23FN2O3S/c1-2-11-24-20(26)17-8-4-6-10-19(17)23-21(24)28-14-16(25)13-27-12-15-7-3-5-9-18(15)22/h3-10,16,25H,2,11-14H2,1H3/t16-/m1/s1. The lowest BCUT2D eigenvalue weighted by molar-refractivity contribution is 0.0386. The minimum Gasteiger partial charge on any atom is -0.390 e. The lowest BCUT2D eigenvalue weighted by Gasteiger charge is -2.14. The highest BCUT2D eigenvalue weighted by Crippen LogP contribution is 2.19. The lowest BCUT2D eigenvalue weighted by atomic mass is 10.2. The van der Waals surface area contributed by atoms with Gasteiger partial charge in [-0.15, -0.1) is 0 Å². The SMILES string of the molecule is CCCn1c(SC[C@H](O)COCc2ccccc2F)nc2ccccc2c1=O. The molecule has 148 valence electrons. The van der Waals surface area contributed by atoms with Crippen LogP contribution in [0.15, 0.2) is 58.5 Å². The van der Waals surface area contributed by atoms with E-state index in [0.29, 0.717) is 33.9 Å². The molecule has 1 N–H and O–H groups in total. The van der Waals surface area contributed by atoms with Crippen molar-refractivity contribution < 1.29 is 14.2 Å². The molecule has 1 aromatic heterocycles. The fraction of sp³-hybridized carbons (Fsp3) is 0.333. The summed E-state index contributed by atoms with van der Waals surface area (Å²) in [6, 6.07) is 13.6. The van der Waals surface area contributed by atoms with Crippen LogP contribution < -0.4 is 5.56 Å². The van der Waals surface area contributed by atoms with Gasteiger partial charge >= 0.3 is 0 Å². The van der Waals surface area contributed by atoms with Gasteiger partial charge in [0.15, 0.2) is 5.16 Å². The Morgan fingerprint density at radius 1 is 1.21 bits per heavy atom. The van der Waals surface area contributed by atoms with Gasteiger partial charge < -0.3 is 9.84 Å². The zero-order valence-corrected chi connectivity index (χ0v) is 16.5. The first kappa shape index (κ1) is 20.5. The maximum Gasteiger partial charge on any atom is 0.262 e. The molecular weight excluding hydrogens is 379 g/mol. The first-order chi connectivity index (χ1) is 13.6. The summed E-state index contributed by atoms with van der Waals surface area (Å²) in [4.78, 5) is 17.3. The highest BCUT2D eigenvalue weighted by atomic mass is 32.2. The van der Waals surface area contributed by atoms with E-state index in [9.17, 15) is 14.3 Å². The van der Waals surface area contributed by atoms with Crippen molar-refractivity contribution in [3.63, 3.8) is 0 Å². The molecule has 0 unspecified atom stereocenters. The Morgan fingerprint density at radius 2 is 1.96 bits per heavy atom. The second-order valence-corrected chi connectivity index (χ2v) is 7.43. The zero-order valence-electron chi connectivity index (χ0n) is 15.7. The summed E-state index contributed by atoms with van der Waals surface area (Å²) in [5.41, 5.74) is 1.03. The van der Waals surface area contributed by atoms with E-state index < -0.39 is 6.10 Å². The van der Waals surface area contributed by atoms with Gasteiger partial charge in [-0.25, -0.2) is 9.37 Å². The molecule has 1 heterocycles. The van der Waals surface area contributed by atoms with Crippen LogP contribution in [0.4, 0.5) is 4.39 Å². The van der Waals surface area contributed by atoms with Crippen LogP contribution in [0.1, 0.15) is 18.9 Å². The van der Waals surface area contributed by atoms with Crippen LogP contribution in [0.2, 0.25) is 0 Å². The number of aliphatic hydroxyl groups is 1. The van der Waals surface area contributed by atoms with Gasteiger partial charge in [-0.3, -0.25) is 9.36 Å². The predicted molar refractivity (Wildman–Crippen MR) is 109 cm³/mol.